The number of hydrogen-bond acceptors (Lipinski definition) is 6. The van der Waals surface area contributed by atoms with Gasteiger partial charge in [-0.15, -0.1) is 0 Å². The van der Waals surface area contributed by atoms with Gasteiger partial charge in [0.15, 0.2) is 16.6 Å². The lowest BCUT2D eigenvalue weighted by atomic mass is 10.1. The molecule has 5 rings (SSSR count). The van der Waals surface area contributed by atoms with E-state index in [9.17, 15) is 4.79 Å². The van der Waals surface area contributed by atoms with E-state index in [4.69, 9.17) is 13.9 Å². The number of hydrogen-bond donors (Lipinski definition) is 0. The number of ether oxygens (including phenoxy) is 2. The van der Waals surface area contributed by atoms with E-state index < -0.39 is 0 Å². The van der Waals surface area contributed by atoms with Crippen molar-refractivity contribution in [2.45, 2.75) is 6.54 Å². The quantitative estimate of drug-likeness (QED) is 0.511. The molecule has 0 saturated heterocycles. The van der Waals surface area contributed by atoms with Gasteiger partial charge in [0.05, 0.1) is 23.0 Å². The molecule has 1 aliphatic rings. The summed E-state index contributed by atoms with van der Waals surface area (Å²) in [5.74, 6) is 1.75. The summed E-state index contributed by atoms with van der Waals surface area (Å²) < 4.78 is 17.7. The molecule has 0 saturated carbocycles. The van der Waals surface area contributed by atoms with Crippen LogP contribution in [0.1, 0.15) is 16.1 Å². The summed E-state index contributed by atoms with van der Waals surface area (Å²) >= 11 is 1.48. The zero-order valence-corrected chi connectivity index (χ0v) is 15.6. The molecule has 0 atom stereocenters. The number of anilines is 1. The van der Waals surface area contributed by atoms with E-state index >= 15 is 0 Å². The Kier molecular flexibility index (Phi) is 4.21. The van der Waals surface area contributed by atoms with E-state index in [1.165, 1.54) is 11.3 Å². The monoisotopic (exact) mass is 392 g/mol. The van der Waals surface area contributed by atoms with Crippen LogP contribution in [0.5, 0.6) is 11.5 Å². The third kappa shape index (κ3) is 3.10. The lowest BCUT2D eigenvalue weighted by Gasteiger charge is -2.21. The average molecular weight is 392 g/mol. The number of aromatic nitrogens is 1. The fourth-order valence-corrected chi connectivity index (χ4v) is 4.06. The van der Waals surface area contributed by atoms with Crippen molar-refractivity contribution in [1.29, 1.82) is 0 Å². The van der Waals surface area contributed by atoms with Crippen LogP contribution in [0.3, 0.4) is 0 Å². The molecule has 6 nitrogen and oxygen atoms in total. The molecule has 140 valence electrons. The number of benzene rings is 2. The molecule has 28 heavy (non-hydrogen) atoms. The van der Waals surface area contributed by atoms with Crippen LogP contribution in [0.2, 0.25) is 0 Å². The highest BCUT2D eigenvalue weighted by Gasteiger charge is 2.24. The number of thiazole rings is 1. The van der Waals surface area contributed by atoms with Crippen LogP contribution in [0.4, 0.5) is 5.13 Å². The molecule has 0 aliphatic carbocycles. The molecule has 7 heteroatoms. The van der Waals surface area contributed by atoms with Crippen molar-refractivity contribution >= 4 is 32.6 Å². The molecule has 3 heterocycles. The summed E-state index contributed by atoms with van der Waals surface area (Å²) in [6, 6.07) is 16.7. The van der Waals surface area contributed by atoms with Crippen LogP contribution in [-0.4, -0.2) is 24.1 Å². The van der Waals surface area contributed by atoms with Gasteiger partial charge in [0, 0.05) is 5.56 Å². The smallest absolute Gasteiger partial charge is 0.260 e. The first kappa shape index (κ1) is 16.8. The minimum absolute atomic E-state index is 0.174. The van der Waals surface area contributed by atoms with Crippen LogP contribution >= 0.6 is 11.3 Å². The molecule has 0 unspecified atom stereocenters. The van der Waals surface area contributed by atoms with Crippen LogP contribution in [0.15, 0.2) is 65.3 Å². The van der Waals surface area contributed by atoms with Gasteiger partial charge in [0.2, 0.25) is 0 Å². The largest absolute Gasteiger partial charge is 0.486 e. The van der Waals surface area contributed by atoms with Crippen molar-refractivity contribution in [2.75, 3.05) is 18.1 Å². The summed E-state index contributed by atoms with van der Waals surface area (Å²) in [6.07, 6.45) is 1.60. The first-order chi connectivity index (χ1) is 13.8. The summed E-state index contributed by atoms with van der Waals surface area (Å²) in [7, 11) is 0. The molecule has 2 aromatic heterocycles. The highest BCUT2D eigenvalue weighted by molar-refractivity contribution is 7.22. The number of furan rings is 1. The van der Waals surface area contributed by atoms with Crippen LogP contribution in [0, 0.1) is 0 Å². The fraction of sp³-hybridized carbons (Fsp3) is 0.143. The van der Waals surface area contributed by atoms with Gasteiger partial charge in [0.25, 0.3) is 5.91 Å². The van der Waals surface area contributed by atoms with Gasteiger partial charge in [0.1, 0.15) is 19.0 Å². The zero-order valence-electron chi connectivity index (χ0n) is 14.8. The fourth-order valence-electron chi connectivity index (χ4n) is 3.09. The molecule has 0 N–H and O–H groups in total. The summed E-state index contributed by atoms with van der Waals surface area (Å²) in [6.45, 7) is 1.27. The second kappa shape index (κ2) is 7.01. The lowest BCUT2D eigenvalue weighted by molar-refractivity contribution is 0.0982. The van der Waals surface area contributed by atoms with Crippen molar-refractivity contribution in [1.82, 2.24) is 4.98 Å². The number of carbonyl (C=O) groups excluding carboxylic acids is 1. The summed E-state index contributed by atoms with van der Waals surface area (Å²) in [5.41, 5.74) is 1.37. The van der Waals surface area contributed by atoms with E-state index in [2.05, 4.69) is 4.98 Å². The Balaban J connectivity index is 1.54. The van der Waals surface area contributed by atoms with E-state index in [0.29, 0.717) is 47.7 Å². The normalized spacial score (nSPS) is 12.9. The highest BCUT2D eigenvalue weighted by atomic mass is 32.1. The minimum atomic E-state index is -0.174. The Bertz CT molecular complexity index is 1100. The Morgan fingerprint density at radius 1 is 1.04 bits per heavy atom. The van der Waals surface area contributed by atoms with Gasteiger partial charge in [-0.2, -0.15) is 0 Å². The molecule has 1 amide bonds. The first-order valence-corrected chi connectivity index (χ1v) is 9.69. The van der Waals surface area contributed by atoms with E-state index in [0.717, 1.165) is 10.2 Å². The predicted octanol–water partition coefficient (Wildman–Crippen LogP) is 4.51. The molecule has 0 radical (unpaired) electrons. The maximum absolute atomic E-state index is 13.4. The Hall–Kier alpha value is -3.32. The standard InChI is InChI=1S/C21H16N2O4S/c24-20(14-7-8-17-18(12-14)27-11-10-26-17)23(13-15-4-3-9-25-15)21-22-16-5-1-2-6-19(16)28-21/h1-9,12H,10-11,13H2. The SMILES string of the molecule is O=C(c1ccc2c(c1)OCCO2)N(Cc1ccco1)c1nc2ccccc2s1. The number of carbonyl (C=O) groups is 1. The highest BCUT2D eigenvalue weighted by Crippen LogP contribution is 2.34. The van der Waals surface area contributed by atoms with Crippen molar-refractivity contribution < 1.29 is 18.7 Å². The first-order valence-electron chi connectivity index (χ1n) is 8.87. The predicted molar refractivity (Wildman–Crippen MR) is 106 cm³/mol. The molecule has 4 aromatic rings. The maximum Gasteiger partial charge on any atom is 0.260 e. The summed E-state index contributed by atoms with van der Waals surface area (Å²) in [4.78, 5) is 19.7. The molecule has 0 spiro atoms. The molecule has 0 bridgehead atoms. The number of fused-ring (bicyclic) bond motifs is 2. The van der Waals surface area contributed by atoms with Crippen LogP contribution < -0.4 is 14.4 Å². The number of rotatable bonds is 4. The third-order valence-corrected chi connectivity index (χ3v) is 5.50. The second-order valence-corrected chi connectivity index (χ2v) is 7.30. The Morgan fingerprint density at radius 2 is 1.89 bits per heavy atom. The van der Waals surface area contributed by atoms with Gasteiger partial charge in [-0.25, -0.2) is 4.98 Å². The molecular formula is C21H16N2O4S. The van der Waals surface area contributed by atoms with Gasteiger partial charge in [-0.05, 0) is 42.5 Å². The topological polar surface area (TPSA) is 64.8 Å². The lowest BCUT2D eigenvalue weighted by Crippen LogP contribution is -2.30. The molecular weight excluding hydrogens is 376 g/mol. The zero-order chi connectivity index (χ0) is 18.9. The van der Waals surface area contributed by atoms with Crippen molar-refractivity contribution in [2.24, 2.45) is 0 Å². The van der Waals surface area contributed by atoms with Gasteiger partial charge in [-0.1, -0.05) is 23.5 Å². The maximum atomic E-state index is 13.4. The number of amides is 1. The van der Waals surface area contributed by atoms with E-state index in [1.807, 2.05) is 30.3 Å². The van der Waals surface area contributed by atoms with Crippen LogP contribution in [0.25, 0.3) is 10.2 Å². The van der Waals surface area contributed by atoms with Crippen molar-refractivity contribution in [3.63, 3.8) is 0 Å². The minimum Gasteiger partial charge on any atom is -0.486 e. The van der Waals surface area contributed by atoms with Gasteiger partial charge in [-0.3, -0.25) is 9.69 Å². The van der Waals surface area contributed by atoms with E-state index in [-0.39, 0.29) is 5.91 Å². The molecule has 1 aliphatic heterocycles. The summed E-state index contributed by atoms with van der Waals surface area (Å²) in [5, 5.41) is 0.623. The number of para-hydroxylation sites is 1. The second-order valence-electron chi connectivity index (χ2n) is 6.29. The Labute approximate surface area is 164 Å². The Morgan fingerprint density at radius 3 is 2.71 bits per heavy atom. The molecule has 2 aromatic carbocycles. The van der Waals surface area contributed by atoms with Crippen molar-refractivity contribution in [3.05, 3.63) is 72.2 Å². The van der Waals surface area contributed by atoms with E-state index in [1.54, 1.807) is 35.4 Å². The van der Waals surface area contributed by atoms with Gasteiger partial charge < -0.3 is 13.9 Å². The third-order valence-electron chi connectivity index (χ3n) is 4.44. The molecule has 0 fully saturated rings. The van der Waals surface area contributed by atoms with Gasteiger partial charge >= 0.3 is 0 Å². The number of nitrogens with zero attached hydrogens (tertiary/aromatic N) is 2. The average Bonchev–Trinajstić information content (AvgIpc) is 3.40. The van der Waals surface area contributed by atoms with Crippen molar-refractivity contribution in [3.8, 4) is 11.5 Å². The van der Waals surface area contributed by atoms with Crippen LogP contribution in [-0.2, 0) is 6.54 Å².